The minimum absolute atomic E-state index is 0.257. The Morgan fingerprint density at radius 1 is 1.29 bits per heavy atom. The van der Waals surface area contributed by atoms with Gasteiger partial charge in [-0.15, -0.1) is 0 Å². The number of methoxy groups -OCH3 is 1. The van der Waals surface area contributed by atoms with Crippen LogP contribution in [0.1, 0.15) is 17.9 Å². The van der Waals surface area contributed by atoms with Gasteiger partial charge in [-0.3, -0.25) is 4.79 Å². The topological polar surface area (TPSA) is 61.5 Å². The molecule has 0 amide bonds. The van der Waals surface area contributed by atoms with Crippen LogP contribution in [0.15, 0.2) is 30.3 Å². The number of nitrogens with two attached hydrogens (primary N) is 1. The summed E-state index contributed by atoms with van der Waals surface area (Å²) in [4.78, 5) is 11.8. The van der Waals surface area contributed by atoms with E-state index in [1.165, 1.54) is 0 Å². The van der Waals surface area contributed by atoms with Crippen molar-refractivity contribution in [2.45, 2.75) is 12.3 Å². The smallest absolute Gasteiger partial charge is 0.314 e. The summed E-state index contributed by atoms with van der Waals surface area (Å²) >= 11 is 0. The van der Waals surface area contributed by atoms with Crippen LogP contribution >= 0.6 is 0 Å². The second-order valence-electron chi connectivity index (χ2n) is 3.71. The van der Waals surface area contributed by atoms with E-state index in [4.69, 9.17) is 15.2 Å². The maximum atomic E-state index is 11.8. The number of ether oxygens (including phenoxy) is 2. The third-order valence-electron chi connectivity index (χ3n) is 2.46. The van der Waals surface area contributed by atoms with Gasteiger partial charge in [-0.1, -0.05) is 30.3 Å². The molecular formula is C13H19NO3. The van der Waals surface area contributed by atoms with Crippen LogP contribution in [0.4, 0.5) is 0 Å². The van der Waals surface area contributed by atoms with Crippen molar-refractivity contribution in [1.29, 1.82) is 0 Å². The summed E-state index contributed by atoms with van der Waals surface area (Å²) in [7, 11) is 1.62. The summed E-state index contributed by atoms with van der Waals surface area (Å²) in [5, 5.41) is 0. The summed E-state index contributed by atoms with van der Waals surface area (Å²) < 4.78 is 10.0. The molecular weight excluding hydrogens is 218 g/mol. The SMILES string of the molecule is COCCCOC(=O)C(CN)c1ccccc1. The lowest BCUT2D eigenvalue weighted by Crippen LogP contribution is -2.24. The minimum Gasteiger partial charge on any atom is -0.465 e. The first-order valence-electron chi connectivity index (χ1n) is 5.70. The molecule has 4 heteroatoms. The molecule has 4 nitrogen and oxygen atoms in total. The Bertz CT molecular complexity index is 327. The molecule has 1 aromatic rings. The fourth-order valence-corrected chi connectivity index (χ4v) is 1.53. The van der Waals surface area contributed by atoms with Crippen LogP contribution in [0.25, 0.3) is 0 Å². The summed E-state index contributed by atoms with van der Waals surface area (Å²) in [6, 6.07) is 9.44. The van der Waals surface area contributed by atoms with Gasteiger partial charge in [-0.05, 0) is 5.56 Å². The van der Waals surface area contributed by atoms with Crippen LogP contribution in [0.2, 0.25) is 0 Å². The molecule has 0 aliphatic heterocycles. The summed E-state index contributed by atoms with van der Waals surface area (Å²) in [6.07, 6.45) is 0.703. The van der Waals surface area contributed by atoms with Crippen molar-refractivity contribution in [2.75, 3.05) is 26.9 Å². The highest BCUT2D eigenvalue weighted by atomic mass is 16.5. The first-order chi connectivity index (χ1) is 8.29. The average Bonchev–Trinajstić information content (AvgIpc) is 2.37. The maximum absolute atomic E-state index is 11.8. The molecule has 94 valence electrons. The molecule has 1 atom stereocenters. The van der Waals surface area contributed by atoms with Gasteiger partial charge < -0.3 is 15.2 Å². The molecule has 0 aliphatic carbocycles. The number of benzene rings is 1. The fourth-order valence-electron chi connectivity index (χ4n) is 1.53. The standard InChI is InChI=1S/C13H19NO3/c1-16-8-5-9-17-13(15)12(10-14)11-6-3-2-4-7-11/h2-4,6-7,12H,5,8-10,14H2,1H3. The van der Waals surface area contributed by atoms with Crippen molar-refractivity contribution in [3.8, 4) is 0 Å². The van der Waals surface area contributed by atoms with Crippen LogP contribution in [0.5, 0.6) is 0 Å². The number of rotatable bonds is 7. The Kier molecular flexibility index (Phi) is 6.29. The van der Waals surface area contributed by atoms with E-state index in [0.717, 1.165) is 5.56 Å². The van der Waals surface area contributed by atoms with Crippen LogP contribution < -0.4 is 5.73 Å². The molecule has 0 bridgehead atoms. The molecule has 1 aromatic carbocycles. The summed E-state index contributed by atoms with van der Waals surface area (Å²) in [5.74, 6) is -0.645. The lowest BCUT2D eigenvalue weighted by Gasteiger charge is -2.14. The van der Waals surface area contributed by atoms with Gasteiger partial charge in [0.2, 0.25) is 0 Å². The molecule has 0 spiro atoms. The molecule has 0 aromatic heterocycles. The molecule has 1 unspecified atom stereocenters. The first kappa shape index (κ1) is 13.7. The highest BCUT2D eigenvalue weighted by Crippen LogP contribution is 2.15. The van der Waals surface area contributed by atoms with Crippen molar-refractivity contribution < 1.29 is 14.3 Å². The molecule has 17 heavy (non-hydrogen) atoms. The molecule has 0 heterocycles. The zero-order valence-corrected chi connectivity index (χ0v) is 10.1. The van der Waals surface area contributed by atoms with Crippen LogP contribution in [0.3, 0.4) is 0 Å². The lowest BCUT2D eigenvalue weighted by molar-refractivity contribution is -0.145. The molecule has 1 rings (SSSR count). The Morgan fingerprint density at radius 2 is 2.00 bits per heavy atom. The van der Waals surface area contributed by atoms with E-state index in [0.29, 0.717) is 19.6 Å². The van der Waals surface area contributed by atoms with E-state index in [2.05, 4.69) is 0 Å². The van der Waals surface area contributed by atoms with E-state index in [1.807, 2.05) is 30.3 Å². The van der Waals surface area contributed by atoms with E-state index >= 15 is 0 Å². The highest BCUT2D eigenvalue weighted by molar-refractivity contribution is 5.78. The molecule has 0 radical (unpaired) electrons. The van der Waals surface area contributed by atoms with E-state index in [1.54, 1.807) is 7.11 Å². The zero-order chi connectivity index (χ0) is 12.5. The maximum Gasteiger partial charge on any atom is 0.314 e. The third kappa shape index (κ3) is 4.54. The van der Waals surface area contributed by atoms with E-state index < -0.39 is 0 Å². The first-order valence-corrected chi connectivity index (χ1v) is 5.70. The number of hydrogen-bond donors (Lipinski definition) is 1. The summed E-state index contributed by atoms with van der Waals surface area (Å²) in [6.45, 7) is 1.22. The van der Waals surface area contributed by atoms with Crippen molar-refractivity contribution in [1.82, 2.24) is 0 Å². The van der Waals surface area contributed by atoms with Gasteiger partial charge >= 0.3 is 5.97 Å². The molecule has 0 aliphatic rings. The Labute approximate surface area is 102 Å². The van der Waals surface area contributed by atoms with Gasteiger partial charge in [-0.2, -0.15) is 0 Å². The van der Waals surface area contributed by atoms with Gasteiger partial charge in [-0.25, -0.2) is 0 Å². The number of carbonyl (C=O) groups excluding carboxylic acids is 1. The van der Waals surface area contributed by atoms with E-state index in [9.17, 15) is 4.79 Å². The predicted octanol–water partition coefficient (Wildman–Crippen LogP) is 1.31. The minimum atomic E-state index is -0.376. The van der Waals surface area contributed by atoms with Crippen LogP contribution in [0, 0.1) is 0 Å². The predicted molar refractivity (Wildman–Crippen MR) is 65.7 cm³/mol. The Hall–Kier alpha value is -1.39. The second-order valence-corrected chi connectivity index (χ2v) is 3.71. The summed E-state index contributed by atoms with van der Waals surface area (Å²) in [5.41, 5.74) is 6.51. The molecule has 0 saturated carbocycles. The zero-order valence-electron chi connectivity index (χ0n) is 10.1. The fraction of sp³-hybridized carbons (Fsp3) is 0.462. The monoisotopic (exact) mass is 237 g/mol. The quantitative estimate of drug-likeness (QED) is 0.573. The van der Waals surface area contributed by atoms with Gasteiger partial charge in [0.05, 0.1) is 12.5 Å². The Balaban J connectivity index is 2.48. The highest BCUT2D eigenvalue weighted by Gasteiger charge is 2.19. The second kappa shape index (κ2) is 7.81. The van der Waals surface area contributed by atoms with Crippen LogP contribution in [-0.4, -0.2) is 32.8 Å². The number of hydrogen-bond acceptors (Lipinski definition) is 4. The van der Waals surface area contributed by atoms with Crippen molar-refractivity contribution >= 4 is 5.97 Å². The lowest BCUT2D eigenvalue weighted by atomic mass is 10.00. The molecule has 0 saturated heterocycles. The van der Waals surface area contributed by atoms with Gasteiger partial charge in [0.1, 0.15) is 0 Å². The average molecular weight is 237 g/mol. The van der Waals surface area contributed by atoms with Gasteiger partial charge in [0.25, 0.3) is 0 Å². The number of esters is 1. The Morgan fingerprint density at radius 3 is 2.59 bits per heavy atom. The molecule has 0 fully saturated rings. The van der Waals surface area contributed by atoms with Crippen molar-refractivity contribution in [3.05, 3.63) is 35.9 Å². The van der Waals surface area contributed by atoms with Crippen molar-refractivity contribution in [2.24, 2.45) is 5.73 Å². The van der Waals surface area contributed by atoms with E-state index in [-0.39, 0.29) is 18.4 Å². The molecule has 2 N–H and O–H groups in total. The normalized spacial score (nSPS) is 12.1. The largest absolute Gasteiger partial charge is 0.465 e. The number of carbonyl (C=O) groups is 1. The van der Waals surface area contributed by atoms with Gasteiger partial charge in [0, 0.05) is 26.7 Å². The van der Waals surface area contributed by atoms with Crippen molar-refractivity contribution in [3.63, 3.8) is 0 Å². The third-order valence-corrected chi connectivity index (χ3v) is 2.46. The van der Waals surface area contributed by atoms with Crippen LogP contribution in [-0.2, 0) is 14.3 Å². The van der Waals surface area contributed by atoms with Gasteiger partial charge in [0.15, 0.2) is 0 Å².